The molecule has 0 radical (unpaired) electrons. The number of phenols is 8. The zero-order chi connectivity index (χ0) is 63.6. The van der Waals surface area contributed by atoms with Gasteiger partial charge in [0.15, 0.2) is 46.3 Å². The standard InChI is InChI=1S/C66H58O20/c1-25(2)11-15-31-43(41(85-29(9)67)21-13-27(5)6)61(79)55-51(57(31)75)39(73)23-33(59(55)77)45-53(65(83)49-37(71)19-17-35(69)47(49)63(45)81)54-46(64(82)48-36(70)18-20-38(72)50(48)66(54)84)34-24-40(74)52-56(60(34)78)62(80)44(32(58(52)76)16-12-26(3)4)42(86-30(10)68)22-14-28(7)8/h11-14,17-20,23-24,41-42,69-74,77-78H,15-16,21-22H2,1-10H3/t41-,42-/m1/s1. The molecule has 4 aliphatic carbocycles. The van der Waals surface area contributed by atoms with Gasteiger partial charge in [-0.3, -0.25) is 47.9 Å². The van der Waals surface area contributed by atoms with Gasteiger partial charge in [-0.25, -0.2) is 0 Å². The molecule has 4 aromatic rings. The van der Waals surface area contributed by atoms with Gasteiger partial charge in [0, 0.05) is 82.4 Å². The number of allylic oxidation sites excluding steroid dienone is 12. The summed E-state index contributed by atoms with van der Waals surface area (Å²) in [7, 11) is 0. The van der Waals surface area contributed by atoms with Gasteiger partial charge in [-0.15, -0.1) is 0 Å². The lowest BCUT2D eigenvalue weighted by Gasteiger charge is -2.31. The van der Waals surface area contributed by atoms with E-state index in [-0.39, 0.29) is 36.8 Å². The van der Waals surface area contributed by atoms with Crippen molar-refractivity contribution in [1.82, 2.24) is 0 Å². The van der Waals surface area contributed by atoms with E-state index in [0.717, 1.165) is 38.1 Å². The number of carbonyl (C=O) groups excluding carboxylic acids is 10. The molecule has 0 aliphatic heterocycles. The van der Waals surface area contributed by atoms with Crippen LogP contribution >= 0.6 is 0 Å². The van der Waals surface area contributed by atoms with Gasteiger partial charge < -0.3 is 50.3 Å². The van der Waals surface area contributed by atoms with E-state index in [4.69, 9.17) is 9.47 Å². The second kappa shape index (κ2) is 23.3. The fraction of sp³-hybridized carbons (Fsp3) is 0.242. The Morgan fingerprint density at radius 1 is 0.360 bits per heavy atom. The largest absolute Gasteiger partial charge is 0.507 e. The van der Waals surface area contributed by atoms with Crippen LogP contribution in [-0.4, -0.2) is 111 Å². The van der Waals surface area contributed by atoms with Crippen LogP contribution in [0.4, 0.5) is 0 Å². The van der Waals surface area contributed by atoms with E-state index in [2.05, 4.69) is 0 Å². The highest BCUT2D eigenvalue weighted by atomic mass is 16.5. The summed E-state index contributed by atoms with van der Waals surface area (Å²) < 4.78 is 11.3. The van der Waals surface area contributed by atoms with Gasteiger partial charge in [-0.2, -0.15) is 0 Å². The van der Waals surface area contributed by atoms with Gasteiger partial charge in [-0.05, 0) is 105 Å². The summed E-state index contributed by atoms with van der Waals surface area (Å²) in [5, 5.41) is 95.2. The molecule has 0 saturated carbocycles. The van der Waals surface area contributed by atoms with E-state index >= 15 is 28.8 Å². The highest BCUT2D eigenvalue weighted by Gasteiger charge is 2.50. The third-order valence-electron chi connectivity index (χ3n) is 14.8. The minimum absolute atomic E-state index is 0.211. The Hall–Kier alpha value is -10.5. The lowest BCUT2D eigenvalue weighted by atomic mass is 9.69. The minimum Gasteiger partial charge on any atom is -0.507 e. The van der Waals surface area contributed by atoms with Crippen LogP contribution in [0.2, 0.25) is 0 Å². The Labute approximate surface area is 491 Å². The first kappa shape index (κ1) is 61.6. The first-order valence-corrected chi connectivity index (χ1v) is 26.8. The molecule has 4 aromatic carbocycles. The highest BCUT2D eigenvalue weighted by molar-refractivity contribution is 6.51. The maximum atomic E-state index is 15.7. The van der Waals surface area contributed by atoms with Crippen molar-refractivity contribution in [1.29, 1.82) is 0 Å². The third kappa shape index (κ3) is 10.5. The quantitative estimate of drug-likeness (QED) is 0.0311. The SMILES string of the molecule is CC(=O)O[C@H](CC=C(C)C)C1=C(CC=C(C)C)C(=O)c2c(O)cc(C3=C(C4=C(c5cc(O)c6c(c5O)C(=O)C([C@@H](CC=C(C)C)OC(C)=O)=C(CC=C(C)C)C6=O)C(=O)c5c(O)ccc(O)c5C4=O)C(=O)c4c(O)ccc(O)c4C3=O)c(O)c2C1=O. The minimum atomic E-state index is -1.66. The van der Waals surface area contributed by atoms with Crippen LogP contribution in [0.3, 0.4) is 0 Å². The Balaban J connectivity index is 1.55. The predicted octanol–water partition coefficient (Wildman–Crippen LogP) is 10.3. The molecule has 86 heavy (non-hydrogen) atoms. The molecule has 4 aliphatic rings. The third-order valence-corrected chi connectivity index (χ3v) is 14.8. The molecule has 0 unspecified atom stereocenters. The Morgan fingerprint density at radius 3 is 0.895 bits per heavy atom. The Bertz CT molecular complexity index is 3870. The summed E-state index contributed by atoms with van der Waals surface area (Å²) >= 11 is 0. The first-order chi connectivity index (χ1) is 40.3. The zero-order valence-electron chi connectivity index (χ0n) is 48.2. The van der Waals surface area contributed by atoms with Gasteiger partial charge in [-0.1, -0.05) is 46.6 Å². The molecule has 8 N–H and O–H groups in total. The van der Waals surface area contributed by atoms with Crippen molar-refractivity contribution in [3.8, 4) is 46.0 Å². The summed E-state index contributed by atoms with van der Waals surface area (Å²) in [6.07, 6.45) is 2.24. The average molecular weight is 1170 g/mol. The van der Waals surface area contributed by atoms with Gasteiger partial charge in [0.25, 0.3) is 0 Å². The van der Waals surface area contributed by atoms with Crippen LogP contribution in [0.1, 0.15) is 189 Å². The zero-order valence-corrected chi connectivity index (χ0v) is 48.2. The van der Waals surface area contributed by atoms with Crippen molar-refractivity contribution in [2.24, 2.45) is 0 Å². The Kier molecular flexibility index (Phi) is 16.7. The fourth-order valence-electron chi connectivity index (χ4n) is 11.0. The number of hydrogen-bond acceptors (Lipinski definition) is 20. The molecule has 8 rings (SSSR count). The number of fused-ring (bicyclic) bond motifs is 4. The second-order valence-corrected chi connectivity index (χ2v) is 21.9. The van der Waals surface area contributed by atoms with E-state index < -0.39 is 205 Å². The van der Waals surface area contributed by atoms with Crippen LogP contribution < -0.4 is 0 Å². The predicted molar refractivity (Wildman–Crippen MR) is 309 cm³/mol. The van der Waals surface area contributed by atoms with Crippen molar-refractivity contribution in [2.75, 3.05) is 0 Å². The van der Waals surface area contributed by atoms with Gasteiger partial charge in [0.2, 0.25) is 0 Å². The fourth-order valence-corrected chi connectivity index (χ4v) is 11.0. The summed E-state index contributed by atoms with van der Waals surface area (Å²) in [4.78, 5) is 148. The number of rotatable bonds is 15. The number of phenolic OH excluding ortho intramolecular Hbond substituents is 8. The van der Waals surface area contributed by atoms with Crippen LogP contribution in [0.25, 0.3) is 11.1 Å². The van der Waals surface area contributed by atoms with Crippen molar-refractivity contribution in [3.63, 3.8) is 0 Å². The van der Waals surface area contributed by atoms with E-state index in [1.165, 1.54) is 0 Å². The number of esters is 2. The number of hydrogen-bond donors (Lipinski definition) is 8. The molecule has 20 heteroatoms. The lowest BCUT2D eigenvalue weighted by Crippen LogP contribution is -2.33. The molecule has 0 aromatic heterocycles. The number of Topliss-reactive ketones (excluding diaryl/α,β-unsaturated/α-hetero) is 8. The molecule has 0 heterocycles. The van der Waals surface area contributed by atoms with Gasteiger partial charge >= 0.3 is 11.9 Å². The van der Waals surface area contributed by atoms with E-state index in [0.29, 0.717) is 34.4 Å². The number of aromatic hydroxyl groups is 8. The summed E-state index contributed by atoms with van der Waals surface area (Å²) in [5.41, 5.74) is -14.2. The number of ether oxygens (including phenoxy) is 2. The van der Waals surface area contributed by atoms with Crippen LogP contribution in [0.15, 0.2) is 116 Å². The molecule has 2 atom stereocenters. The van der Waals surface area contributed by atoms with Crippen molar-refractivity contribution >= 4 is 69.4 Å². The summed E-state index contributed by atoms with van der Waals surface area (Å²) in [6, 6.07) is 4.19. The van der Waals surface area contributed by atoms with Crippen LogP contribution in [-0.2, 0) is 19.1 Å². The number of carbonyl (C=O) groups is 10. The van der Waals surface area contributed by atoms with Gasteiger partial charge in [0.1, 0.15) is 58.2 Å². The van der Waals surface area contributed by atoms with Gasteiger partial charge in [0.05, 0.1) is 44.5 Å². The van der Waals surface area contributed by atoms with Crippen LogP contribution in [0.5, 0.6) is 46.0 Å². The summed E-state index contributed by atoms with van der Waals surface area (Å²) in [6.45, 7) is 15.6. The maximum absolute atomic E-state index is 15.7. The van der Waals surface area contributed by atoms with Crippen molar-refractivity contribution in [3.05, 3.63) is 172 Å². The lowest BCUT2D eigenvalue weighted by molar-refractivity contribution is -0.145. The van der Waals surface area contributed by atoms with E-state index in [1.807, 2.05) is 0 Å². The molecule has 0 saturated heterocycles. The van der Waals surface area contributed by atoms with Crippen molar-refractivity contribution < 1.29 is 98.3 Å². The first-order valence-electron chi connectivity index (χ1n) is 26.8. The number of benzene rings is 4. The molecule has 442 valence electrons. The van der Waals surface area contributed by atoms with Crippen molar-refractivity contribution in [2.45, 2.75) is 107 Å². The molecule has 0 amide bonds. The molecule has 0 spiro atoms. The maximum Gasteiger partial charge on any atom is 0.303 e. The van der Waals surface area contributed by atoms with Crippen LogP contribution in [0, 0.1) is 0 Å². The molecule has 0 bridgehead atoms. The molecular weight excluding hydrogens is 1110 g/mol. The molecule has 20 nitrogen and oxygen atoms in total. The number of ketones is 8. The highest BCUT2D eigenvalue weighted by Crippen LogP contribution is 2.54. The molecular formula is C66H58O20. The second-order valence-electron chi connectivity index (χ2n) is 21.9. The van der Waals surface area contributed by atoms with E-state index in [1.54, 1.807) is 79.7 Å². The monoisotopic (exact) mass is 1170 g/mol. The normalized spacial score (nSPS) is 15.4. The average Bonchev–Trinajstić information content (AvgIpc) is 1.70. The topological polar surface area (TPSA) is 351 Å². The van der Waals surface area contributed by atoms with E-state index in [9.17, 15) is 60.0 Å². The molecule has 0 fully saturated rings. The Morgan fingerprint density at radius 2 is 0.628 bits per heavy atom. The smallest absolute Gasteiger partial charge is 0.303 e. The summed E-state index contributed by atoms with van der Waals surface area (Å²) in [5.74, 6) is -22.2.